The van der Waals surface area contributed by atoms with E-state index in [-0.39, 0.29) is 13.2 Å². The molecule has 2 N–H and O–H groups in total. The SMILES string of the molecule is OCCn1nnnc1SCc1ccc(CO)cc1. The van der Waals surface area contributed by atoms with Crippen molar-refractivity contribution >= 4 is 11.8 Å². The summed E-state index contributed by atoms with van der Waals surface area (Å²) in [4.78, 5) is 0. The van der Waals surface area contributed by atoms with E-state index in [0.717, 1.165) is 16.9 Å². The quantitative estimate of drug-likeness (QED) is 0.739. The highest BCUT2D eigenvalue weighted by Crippen LogP contribution is 2.20. The molecule has 0 aliphatic carbocycles. The zero-order valence-electron chi connectivity index (χ0n) is 9.73. The third-order valence-electron chi connectivity index (χ3n) is 2.38. The van der Waals surface area contributed by atoms with Crippen LogP contribution in [0.3, 0.4) is 0 Å². The van der Waals surface area contributed by atoms with Crippen LogP contribution in [0.1, 0.15) is 11.1 Å². The third-order valence-corrected chi connectivity index (χ3v) is 3.41. The molecule has 0 amide bonds. The Labute approximate surface area is 109 Å². The maximum Gasteiger partial charge on any atom is 0.209 e. The number of benzene rings is 1. The first-order valence-corrected chi connectivity index (χ1v) is 6.50. The van der Waals surface area contributed by atoms with E-state index in [0.29, 0.717) is 11.7 Å². The van der Waals surface area contributed by atoms with Gasteiger partial charge in [0.25, 0.3) is 0 Å². The highest BCUT2D eigenvalue weighted by molar-refractivity contribution is 7.98. The van der Waals surface area contributed by atoms with E-state index in [1.54, 1.807) is 4.68 Å². The molecule has 2 aromatic rings. The summed E-state index contributed by atoms with van der Waals surface area (Å²) < 4.78 is 1.58. The largest absolute Gasteiger partial charge is 0.394 e. The second kappa shape index (κ2) is 6.48. The normalized spacial score (nSPS) is 10.8. The predicted octanol–water partition coefficient (Wildman–Crippen LogP) is 0.450. The maximum absolute atomic E-state index is 8.95. The molecule has 0 aliphatic rings. The number of hydrogen-bond acceptors (Lipinski definition) is 6. The molecule has 1 heterocycles. The molecule has 0 bridgehead atoms. The van der Waals surface area contributed by atoms with Crippen molar-refractivity contribution in [2.24, 2.45) is 0 Å². The Kier molecular flexibility index (Phi) is 4.68. The van der Waals surface area contributed by atoms with E-state index in [1.165, 1.54) is 11.8 Å². The highest BCUT2D eigenvalue weighted by Gasteiger charge is 2.06. The zero-order valence-corrected chi connectivity index (χ0v) is 10.5. The Hall–Kier alpha value is -1.44. The monoisotopic (exact) mass is 266 g/mol. The molecular weight excluding hydrogens is 252 g/mol. The Balaban J connectivity index is 1.95. The van der Waals surface area contributed by atoms with Crippen molar-refractivity contribution in [1.82, 2.24) is 20.2 Å². The second-order valence-corrected chi connectivity index (χ2v) is 4.61. The minimum atomic E-state index is 0.0177. The van der Waals surface area contributed by atoms with Gasteiger partial charge in [0.05, 0.1) is 19.8 Å². The molecule has 0 spiro atoms. The molecule has 0 aliphatic heterocycles. The van der Waals surface area contributed by atoms with Gasteiger partial charge in [-0.3, -0.25) is 0 Å². The Morgan fingerprint density at radius 1 is 1.11 bits per heavy atom. The first-order valence-electron chi connectivity index (χ1n) is 5.52. The average molecular weight is 266 g/mol. The maximum atomic E-state index is 8.95. The van der Waals surface area contributed by atoms with E-state index >= 15 is 0 Å². The van der Waals surface area contributed by atoms with Crippen LogP contribution < -0.4 is 0 Å². The number of nitrogens with zero attached hydrogens (tertiary/aromatic N) is 4. The van der Waals surface area contributed by atoms with Crippen molar-refractivity contribution in [3.63, 3.8) is 0 Å². The van der Waals surface area contributed by atoms with E-state index in [1.807, 2.05) is 24.3 Å². The van der Waals surface area contributed by atoms with Gasteiger partial charge >= 0.3 is 0 Å². The fraction of sp³-hybridized carbons (Fsp3) is 0.364. The summed E-state index contributed by atoms with van der Waals surface area (Å²) >= 11 is 1.51. The van der Waals surface area contributed by atoms with Crippen LogP contribution in [0.25, 0.3) is 0 Å². The Morgan fingerprint density at radius 3 is 2.50 bits per heavy atom. The van der Waals surface area contributed by atoms with Gasteiger partial charge < -0.3 is 10.2 Å². The van der Waals surface area contributed by atoms with Crippen LogP contribution in [-0.2, 0) is 18.9 Å². The minimum Gasteiger partial charge on any atom is -0.394 e. The average Bonchev–Trinajstić information content (AvgIpc) is 2.85. The summed E-state index contributed by atoms with van der Waals surface area (Å²) in [6.45, 7) is 0.477. The predicted molar refractivity (Wildman–Crippen MR) is 66.8 cm³/mol. The van der Waals surface area contributed by atoms with Crippen LogP contribution in [0, 0.1) is 0 Å². The number of rotatable bonds is 6. The van der Waals surface area contributed by atoms with Gasteiger partial charge in [-0.05, 0) is 21.6 Å². The molecule has 1 aromatic carbocycles. The second-order valence-electron chi connectivity index (χ2n) is 3.67. The van der Waals surface area contributed by atoms with E-state index in [9.17, 15) is 0 Å². The van der Waals surface area contributed by atoms with Crippen LogP contribution in [0.5, 0.6) is 0 Å². The molecule has 2 rings (SSSR count). The van der Waals surface area contributed by atoms with Crippen molar-refractivity contribution in [3.05, 3.63) is 35.4 Å². The topological polar surface area (TPSA) is 84.1 Å². The van der Waals surface area contributed by atoms with Crippen LogP contribution in [0.4, 0.5) is 0 Å². The molecule has 0 fully saturated rings. The molecule has 1 aromatic heterocycles. The van der Waals surface area contributed by atoms with Gasteiger partial charge in [0.15, 0.2) is 0 Å². The van der Waals surface area contributed by atoms with E-state index < -0.39 is 0 Å². The summed E-state index contributed by atoms with van der Waals surface area (Å²) in [6, 6.07) is 7.73. The van der Waals surface area contributed by atoms with Crippen LogP contribution in [0.15, 0.2) is 29.4 Å². The van der Waals surface area contributed by atoms with Gasteiger partial charge in [0.2, 0.25) is 5.16 Å². The highest BCUT2D eigenvalue weighted by atomic mass is 32.2. The Morgan fingerprint density at radius 2 is 1.83 bits per heavy atom. The van der Waals surface area contributed by atoms with Crippen LogP contribution in [-0.4, -0.2) is 37.0 Å². The lowest BCUT2D eigenvalue weighted by atomic mass is 10.2. The summed E-state index contributed by atoms with van der Waals surface area (Å²) in [5.74, 6) is 0.748. The number of aliphatic hydroxyl groups excluding tert-OH is 2. The first-order chi connectivity index (χ1) is 8.83. The summed E-state index contributed by atoms with van der Waals surface area (Å²) in [5, 5.41) is 29.8. The van der Waals surface area contributed by atoms with Crippen molar-refractivity contribution < 1.29 is 10.2 Å². The zero-order chi connectivity index (χ0) is 12.8. The molecule has 0 radical (unpaired) electrons. The standard InChI is InChI=1S/C11H14N4O2S/c16-6-5-15-11(12-13-14-15)18-8-10-3-1-9(7-17)2-4-10/h1-4,16-17H,5-8H2. The lowest BCUT2D eigenvalue weighted by Gasteiger charge is -2.03. The minimum absolute atomic E-state index is 0.0177. The molecule has 18 heavy (non-hydrogen) atoms. The number of hydrogen-bond donors (Lipinski definition) is 2. The summed E-state index contributed by atoms with van der Waals surface area (Å²) in [5.41, 5.74) is 2.03. The molecular formula is C11H14N4O2S. The lowest BCUT2D eigenvalue weighted by molar-refractivity contribution is 0.262. The van der Waals surface area contributed by atoms with Crippen molar-refractivity contribution in [2.75, 3.05) is 6.61 Å². The Bertz CT molecular complexity index is 486. The van der Waals surface area contributed by atoms with Gasteiger partial charge in [-0.15, -0.1) is 5.10 Å². The first kappa shape index (κ1) is 13.0. The number of tetrazole rings is 1. The molecule has 0 atom stereocenters. The van der Waals surface area contributed by atoms with Gasteiger partial charge in [-0.25, -0.2) is 4.68 Å². The molecule has 0 saturated carbocycles. The summed E-state index contributed by atoms with van der Waals surface area (Å²) in [7, 11) is 0. The van der Waals surface area contributed by atoms with E-state index in [4.69, 9.17) is 10.2 Å². The van der Waals surface area contributed by atoms with Gasteiger partial charge in [0, 0.05) is 5.75 Å². The van der Waals surface area contributed by atoms with Gasteiger partial charge in [0.1, 0.15) is 0 Å². The fourth-order valence-corrected chi connectivity index (χ4v) is 2.28. The molecule has 6 nitrogen and oxygen atoms in total. The van der Waals surface area contributed by atoms with Crippen molar-refractivity contribution in [3.8, 4) is 0 Å². The smallest absolute Gasteiger partial charge is 0.209 e. The number of aliphatic hydroxyl groups is 2. The molecule has 0 unspecified atom stereocenters. The van der Waals surface area contributed by atoms with Crippen molar-refractivity contribution in [1.29, 1.82) is 0 Å². The van der Waals surface area contributed by atoms with Crippen molar-refractivity contribution in [2.45, 2.75) is 24.1 Å². The fourth-order valence-electron chi connectivity index (χ4n) is 1.42. The summed E-state index contributed by atoms with van der Waals surface area (Å²) in [6.07, 6.45) is 0. The third kappa shape index (κ3) is 3.28. The van der Waals surface area contributed by atoms with Crippen LogP contribution >= 0.6 is 11.8 Å². The lowest BCUT2D eigenvalue weighted by Crippen LogP contribution is -2.05. The molecule has 7 heteroatoms. The molecule has 96 valence electrons. The van der Waals surface area contributed by atoms with Gasteiger partial charge in [-0.2, -0.15) is 0 Å². The van der Waals surface area contributed by atoms with Gasteiger partial charge in [-0.1, -0.05) is 36.0 Å². The number of aromatic nitrogens is 4. The number of thioether (sulfide) groups is 1. The van der Waals surface area contributed by atoms with Crippen LogP contribution in [0.2, 0.25) is 0 Å². The van der Waals surface area contributed by atoms with E-state index in [2.05, 4.69) is 15.5 Å². The molecule has 0 saturated heterocycles.